The van der Waals surface area contributed by atoms with Crippen molar-refractivity contribution in [1.82, 2.24) is 0 Å². The lowest BCUT2D eigenvalue weighted by molar-refractivity contribution is -0.132. The van der Waals surface area contributed by atoms with Crippen LogP contribution in [0, 0.1) is 0 Å². The van der Waals surface area contributed by atoms with Gasteiger partial charge in [-0.05, 0) is 42.5 Å². The number of hydrogen-bond acceptors (Lipinski definition) is 6. The Morgan fingerprint density at radius 1 is 1.00 bits per heavy atom. The van der Waals surface area contributed by atoms with E-state index in [4.69, 9.17) is 48.7 Å². The van der Waals surface area contributed by atoms with Gasteiger partial charge in [-0.1, -0.05) is 34.8 Å². The molecule has 7 nitrogen and oxygen atoms in total. The van der Waals surface area contributed by atoms with Crippen molar-refractivity contribution >= 4 is 57.9 Å². The normalized spacial score (nSPS) is 17.5. The number of hydrogen-bond donors (Lipinski definition) is 1. The Balaban J connectivity index is 1.92. The molecule has 1 unspecified atom stereocenters. The fourth-order valence-electron chi connectivity index (χ4n) is 3.67. The van der Waals surface area contributed by atoms with Crippen LogP contribution in [0.5, 0.6) is 11.5 Å². The van der Waals surface area contributed by atoms with Gasteiger partial charge in [0.2, 0.25) is 0 Å². The van der Waals surface area contributed by atoms with Crippen molar-refractivity contribution in [2.75, 3.05) is 19.1 Å². The first-order valence-corrected chi connectivity index (χ1v) is 10.6. The maximum Gasteiger partial charge on any atom is 0.300 e. The van der Waals surface area contributed by atoms with Crippen molar-refractivity contribution in [1.29, 1.82) is 0 Å². The zero-order valence-electron chi connectivity index (χ0n) is 17.3. The first-order chi connectivity index (χ1) is 15.8. The molecule has 10 heteroatoms. The van der Waals surface area contributed by atoms with Gasteiger partial charge in [-0.3, -0.25) is 14.5 Å². The molecule has 170 valence electrons. The highest BCUT2D eigenvalue weighted by Gasteiger charge is 2.48. The number of benzene rings is 2. The van der Waals surface area contributed by atoms with Gasteiger partial charge in [0, 0.05) is 11.3 Å². The molecule has 2 aromatic carbocycles. The first kappa shape index (κ1) is 23.0. The van der Waals surface area contributed by atoms with Crippen LogP contribution < -0.4 is 14.4 Å². The van der Waals surface area contributed by atoms with Crippen molar-refractivity contribution in [2.45, 2.75) is 6.04 Å². The van der Waals surface area contributed by atoms with Crippen molar-refractivity contribution in [3.8, 4) is 11.5 Å². The van der Waals surface area contributed by atoms with Gasteiger partial charge in [0.15, 0.2) is 5.75 Å². The van der Waals surface area contributed by atoms with Crippen LogP contribution in [0.4, 0.5) is 5.69 Å². The Hall–Kier alpha value is -3.13. The molecule has 0 aliphatic carbocycles. The number of ether oxygens (including phenoxy) is 2. The molecule has 0 spiro atoms. The third-order valence-corrected chi connectivity index (χ3v) is 6.00. The summed E-state index contributed by atoms with van der Waals surface area (Å²) in [5.74, 6) is -1.38. The minimum absolute atomic E-state index is 0.122. The highest BCUT2D eigenvalue weighted by molar-refractivity contribution is 6.52. The van der Waals surface area contributed by atoms with E-state index >= 15 is 0 Å². The molecule has 1 amide bonds. The van der Waals surface area contributed by atoms with E-state index in [1.54, 1.807) is 24.3 Å². The second-order valence-corrected chi connectivity index (χ2v) is 8.20. The zero-order valence-corrected chi connectivity index (χ0v) is 19.5. The van der Waals surface area contributed by atoms with Crippen molar-refractivity contribution in [3.63, 3.8) is 0 Å². The molecule has 1 aliphatic rings. The van der Waals surface area contributed by atoms with E-state index in [0.29, 0.717) is 11.4 Å². The second-order valence-electron chi connectivity index (χ2n) is 6.98. The van der Waals surface area contributed by atoms with Crippen LogP contribution in [0.1, 0.15) is 17.4 Å². The summed E-state index contributed by atoms with van der Waals surface area (Å²) in [5.41, 5.74) is 0.251. The van der Waals surface area contributed by atoms with Crippen LogP contribution in [-0.4, -0.2) is 31.0 Å². The standard InChI is InChI=1S/C23H16Cl3NO6/c1-31-16-6-5-12(10-13(16)24)27-19(17-4-3-7-33-17)18(21(29)23(27)30)20(28)11-8-14(25)22(32-2)15(26)9-11/h3-10,19,28H,1-2H3/b20-18-. The van der Waals surface area contributed by atoms with Gasteiger partial charge in [-0.15, -0.1) is 0 Å². The van der Waals surface area contributed by atoms with Gasteiger partial charge in [0.25, 0.3) is 11.7 Å². The van der Waals surface area contributed by atoms with Crippen LogP contribution >= 0.6 is 34.8 Å². The number of furan rings is 1. The van der Waals surface area contributed by atoms with Crippen molar-refractivity contribution < 1.29 is 28.6 Å². The Morgan fingerprint density at radius 2 is 1.70 bits per heavy atom. The molecule has 2 heterocycles. The van der Waals surface area contributed by atoms with E-state index in [1.807, 2.05) is 0 Å². The first-order valence-electron chi connectivity index (χ1n) is 9.49. The third-order valence-electron chi connectivity index (χ3n) is 5.15. The summed E-state index contributed by atoms with van der Waals surface area (Å²) in [4.78, 5) is 27.4. The van der Waals surface area contributed by atoms with Gasteiger partial charge in [-0.25, -0.2) is 0 Å². The Bertz CT molecular complexity index is 1260. The molecule has 0 saturated carbocycles. The number of amides is 1. The van der Waals surface area contributed by atoms with Gasteiger partial charge >= 0.3 is 0 Å². The number of aliphatic hydroxyl groups is 1. The summed E-state index contributed by atoms with van der Waals surface area (Å²) < 4.78 is 15.8. The summed E-state index contributed by atoms with van der Waals surface area (Å²) in [7, 11) is 2.86. The molecule has 0 radical (unpaired) electrons. The van der Waals surface area contributed by atoms with Crippen molar-refractivity contribution in [3.05, 3.63) is 80.7 Å². The Morgan fingerprint density at radius 3 is 2.24 bits per heavy atom. The number of carbonyl (C=O) groups excluding carboxylic acids is 2. The number of aliphatic hydroxyl groups excluding tert-OH is 1. The van der Waals surface area contributed by atoms with E-state index in [0.717, 1.165) is 0 Å². The zero-order chi connectivity index (χ0) is 23.9. The predicted octanol–water partition coefficient (Wildman–Crippen LogP) is 5.88. The van der Waals surface area contributed by atoms with Crippen LogP contribution in [0.2, 0.25) is 15.1 Å². The van der Waals surface area contributed by atoms with Gasteiger partial charge in [0.1, 0.15) is 23.3 Å². The number of halogens is 3. The smallest absolute Gasteiger partial charge is 0.300 e. The molecule has 1 fully saturated rings. The number of carbonyl (C=O) groups is 2. The number of methoxy groups -OCH3 is 2. The number of nitrogens with zero attached hydrogens (tertiary/aromatic N) is 1. The van der Waals surface area contributed by atoms with Gasteiger partial charge in [0.05, 0.1) is 41.1 Å². The third kappa shape index (κ3) is 3.93. The Labute approximate surface area is 203 Å². The lowest BCUT2D eigenvalue weighted by atomic mass is 9.99. The maximum absolute atomic E-state index is 13.1. The van der Waals surface area contributed by atoms with Gasteiger partial charge in [-0.2, -0.15) is 0 Å². The van der Waals surface area contributed by atoms with Gasteiger partial charge < -0.3 is 19.0 Å². The molecule has 1 N–H and O–H groups in total. The van der Waals surface area contributed by atoms with E-state index in [9.17, 15) is 14.7 Å². The van der Waals surface area contributed by atoms with Crippen molar-refractivity contribution in [2.24, 2.45) is 0 Å². The SMILES string of the molecule is COc1ccc(N2C(=O)C(=O)/C(=C(\O)c3cc(Cl)c(OC)c(Cl)c3)C2c2ccco2)cc1Cl. The number of anilines is 1. The summed E-state index contributed by atoms with van der Waals surface area (Å²) in [6.45, 7) is 0. The lowest BCUT2D eigenvalue weighted by Gasteiger charge is -2.24. The monoisotopic (exact) mass is 507 g/mol. The summed E-state index contributed by atoms with van der Waals surface area (Å²) in [5, 5.41) is 11.6. The Kier molecular flexibility index (Phi) is 6.30. The molecule has 1 aliphatic heterocycles. The second kappa shape index (κ2) is 9.02. The fraction of sp³-hybridized carbons (Fsp3) is 0.130. The maximum atomic E-state index is 13.1. The van der Waals surface area contributed by atoms with Crippen LogP contribution in [0.25, 0.3) is 5.76 Å². The summed E-state index contributed by atoms with van der Waals surface area (Å²) in [6, 6.07) is 9.54. The van der Waals surface area contributed by atoms with Crippen LogP contribution in [-0.2, 0) is 9.59 Å². The van der Waals surface area contributed by atoms with E-state index < -0.39 is 23.5 Å². The molecule has 1 saturated heterocycles. The molecule has 33 heavy (non-hydrogen) atoms. The predicted molar refractivity (Wildman–Crippen MR) is 125 cm³/mol. The largest absolute Gasteiger partial charge is 0.507 e. The number of rotatable bonds is 5. The van der Waals surface area contributed by atoms with E-state index in [1.165, 1.54) is 43.6 Å². The highest BCUT2D eigenvalue weighted by atomic mass is 35.5. The number of Topliss-reactive ketones (excluding diaryl/α,β-unsaturated/α-hetero) is 1. The lowest BCUT2D eigenvalue weighted by Crippen LogP contribution is -2.29. The van der Waals surface area contributed by atoms with E-state index in [2.05, 4.69) is 0 Å². The molecule has 4 rings (SSSR count). The van der Waals surface area contributed by atoms with Crippen LogP contribution in [0.15, 0.2) is 58.7 Å². The molecule has 1 aromatic heterocycles. The average molecular weight is 509 g/mol. The fourth-order valence-corrected chi connectivity index (χ4v) is 4.56. The minimum Gasteiger partial charge on any atom is -0.507 e. The van der Waals surface area contributed by atoms with Crippen LogP contribution in [0.3, 0.4) is 0 Å². The molecular formula is C23H16Cl3NO6. The molecule has 0 bridgehead atoms. The highest BCUT2D eigenvalue weighted by Crippen LogP contribution is 2.45. The minimum atomic E-state index is -1.07. The summed E-state index contributed by atoms with van der Waals surface area (Å²) in [6.07, 6.45) is 1.40. The number of ketones is 1. The summed E-state index contributed by atoms with van der Waals surface area (Å²) >= 11 is 18.7. The molecule has 3 aromatic rings. The average Bonchev–Trinajstić information content (AvgIpc) is 3.40. The molecular weight excluding hydrogens is 493 g/mol. The quantitative estimate of drug-likeness (QED) is 0.263. The topological polar surface area (TPSA) is 89.2 Å². The molecule has 1 atom stereocenters. The van der Waals surface area contributed by atoms with E-state index in [-0.39, 0.29) is 37.7 Å².